The van der Waals surface area contributed by atoms with E-state index in [1.807, 2.05) is 13.1 Å². The molecule has 0 saturated heterocycles. The molecule has 96 valence electrons. The number of rotatable bonds is 1. The van der Waals surface area contributed by atoms with E-state index in [4.69, 9.17) is 11.6 Å². The molecule has 3 heteroatoms. The SMILES string of the molecule is CNC1CC(C)(C)Cc2[nH]c3ccc(Cl)cc3c21. The molecule has 1 heterocycles. The second kappa shape index (κ2) is 4.01. The van der Waals surface area contributed by atoms with Crippen molar-refractivity contribution >= 4 is 22.5 Å². The van der Waals surface area contributed by atoms with Crippen LogP contribution in [0.3, 0.4) is 0 Å². The van der Waals surface area contributed by atoms with Crippen molar-refractivity contribution in [1.82, 2.24) is 10.3 Å². The third kappa shape index (κ3) is 1.84. The molecule has 0 fully saturated rings. The van der Waals surface area contributed by atoms with Crippen molar-refractivity contribution in [3.63, 3.8) is 0 Å². The lowest BCUT2D eigenvalue weighted by atomic mass is 9.74. The van der Waals surface area contributed by atoms with Gasteiger partial charge >= 0.3 is 0 Å². The fourth-order valence-corrected chi connectivity index (χ4v) is 3.40. The van der Waals surface area contributed by atoms with E-state index in [2.05, 4.69) is 36.3 Å². The molecule has 0 amide bonds. The second-order valence-electron chi connectivity index (χ2n) is 6.09. The molecule has 0 spiro atoms. The van der Waals surface area contributed by atoms with Crippen LogP contribution in [0.1, 0.15) is 37.6 Å². The lowest BCUT2D eigenvalue weighted by molar-refractivity contribution is 0.264. The first-order chi connectivity index (χ1) is 8.50. The van der Waals surface area contributed by atoms with Gasteiger partial charge in [0, 0.05) is 27.7 Å². The molecule has 0 radical (unpaired) electrons. The van der Waals surface area contributed by atoms with Crippen LogP contribution in [-0.4, -0.2) is 12.0 Å². The van der Waals surface area contributed by atoms with Gasteiger partial charge in [0.05, 0.1) is 0 Å². The molecular formula is C15H19ClN2. The summed E-state index contributed by atoms with van der Waals surface area (Å²) in [6.07, 6.45) is 2.27. The molecule has 2 N–H and O–H groups in total. The number of aromatic nitrogens is 1. The van der Waals surface area contributed by atoms with Gasteiger partial charge in [-0.25, -0.2) is 0 Å². The van der Waals surface area contributed by atoms with Gasteiger partial charge < -0.3 is 10.3 Å². The first-order valence-corrected chi connectivity index (χ1v) is 6.85. The van der Waals surface area contributed by atoms with E-state index in [0.717, 1.165) is 17.9 Å². The smallest absolute Gasteiger partial charge is 0.0460 e. The van der Waals surface area contributed by atoms with E-state index in [1.165, 1.54) is 22.2 Å². The lowest BCUT2D eigenvalue weighted by Crippen LogP contribution is -2.31. The van der Waals surface area contributed by atoms with Crippen molar-refractivity contribution in [2.24, 2.45) is 5.41 Å². The fourth-order valence-electron chi connectivity index (χ4n) is 3.23. The molecule has 1 aliphatic carbocycles. The van der Waals surface area contributed by atoms with Crippen molar-refractivity contribution in [3.8, 4) is 0 Å². The molecule has 1 aromatic heterocycles. The van der Waals surface area contributed by atoms with Gasteiger partial charge in [0.2, 0.25) is 0 Å². The highest BCUT2D eigenvalue weighted by molar-refractivity contribution is 6.31. The van der Waals surface area contributed by atoms with Crippen LogP contribution in [0.25, 0.3) is 10.9 Å². The van der Waals surface area contributed by atoms with Crippen molar-refractivity contribution in [2.75, 3.05) is 7.05 Å². The summed E-state index contributed by atoms with van der Waals surface area (Å²) >= 11 is 6.13. The molecule has 3 rings (SSSR count). The Morgan fingerprint density at radius 3 is 2.89 bits per heavy atom. The number of halogens is 1. The van der Waals surface area contributed by atoms with E-state index in [-0.39, 0.29) is 0 Å². The number of aromatic amines is 1. The monoisotopic (exact) mass is 262 g/mol. The van der Waals surface area contributed by atoms with Gasteiger partial charge in [0.1, 0.15) is 0 Å². The Kier molecular flexibility index (Phi) is 2.68. The van der Waals surface area contributed by atoms with Crippen molar-refractivity contribution in [2.45, 2.75) is 32.7 Å². The van der Waals surface area contributed by atoms with Gasteiger partial charge in [0.15, 0.2) is 0 Å². The summed E-state index contributed by atoms with van der Waals surface area (Å²) in [5.41, 5.74) is 4.31. The molecule has 1 aromatic carbocycles. The van der Waals surface area contributed by atoms with Crippen LogP contribution in [0.15, 0.2) is 18.2 Å². The standard InChI is InChI=1S/C15H19ClN2/c1-15(2)7-12(17-3)14-10-6-9(16)4-5-11(10)18-13(14)8-15/h4-6,12,17-18H,7-8H2,1-3H3. The minimum atomic E-state index is 0.339. The Labute approximate surface area is 113 Å². The van der Waals surface area contributed by atoms with Gasteiger partial charge in [-0.15, -0.1) is 0 Å². The quantitative estimate of drug-likeness (QED) is 0.797. The summed E-state index contributed by atoms with van der Waals surface area (Å²) in [5.74, 6) is 0. The highest BCUT2D eigenvalue weighted by atomic mass is 35.5. The van der Waals surface area contributed by atoms with Crippen molar-refractivity contribution in [3.05, 3.63) is 34.5 Å². The number of nitrogens with one attached hydrogen (secondary N) is 2. The topological polar surface area (TPSA) is 27.8 Å². The Morgan fingerprint density at radius 2 is 2.17 bits per heavy atom. The molecule has 0 aliphatic heterocycles. The Balaban J connectivity index is 2.24. The van der Waals surface area contributed by atoms with E-state index >= 15 is 0 Å². The van der Waals surface area contributed by atoms with Crippen molar-refractivity contribution in [1.29, 1.82) is 0 Å². The minimum Gasteiger partial charge on any atom is -0.358 e. The predicted octanol–water partition coefficient (Wildman–Crippen LogP) is 4.05. The largest absolute Gasteiger partial charge is 0.358 e. The number of fused-ring (bicyclic) bond motifs is 3. The zero-order chi connectivity index (χ0) is 12.9. The molecule has 1 atom stereocenters. The van der Waals surface area contributed by atoms with Gasteiger partial charge in [-0.1, -0.05) is 25.4 Å². The molecule has 0 bridgehead atoms. The van der Waals surface area contributed by atoms with E-state index in [9.17, 15) is 0 Å². The molecule has 1 aliphatic rings. The minimum absolute atomic E-state index is 0.339. The average Bonchev–Trinajstić information content (AvgIpc) is 2.63. The zero-order valence-corrected chi connectivity index (χ0v) is 11.9. The molecule has 2 nitrogen and oxygen atoms in total. The van der Waals surface area contributed by atoms with Crippen LogP contribution < -0.4 is 5.32 Å². The van der Waals surface area contributed by atoms with Crippen LogP contribution in [0, 0.1) is 5.41 Å². The summed E-state index contributed by atoms with van der Waals surface area (Å²) in [6.45, 7) is 4.66. The van der Waals surface area contributed by atoms with Crippen LogP contribution in [0.5, 0.6) is 0 Å². The van der Waals surface area contributed by atoms with E-state index in [1.54, 1.807) is 0 Å². The zero-order valence-electron chi connectivity index (χ0n) is 11.1. The summed E-state index contributed by atoms with van der Waals surface area (Å²) in [5, 5.41) is 5.53. The maximum atomic E-state index is 6.13. The Morgan fingerprint density at radius 1 is 1.39 bits per heavy atom. The van der Waals surface area contributed by atoms with E-state index in [0.29, 0.717) is 11.5 Å². The number of hydrogen-bond donors (Lipinski definition) is 2. The van der Waals surface area contributed by atoms with Gasteiger partial charge in [-0.3, -0.25) is 0 Å². The van der Waals surface area contributed by atoms with Gasteiger partial charge in [-0.2, -0.15) is 0 Å². The fraction of sp³-hybridized carbons (Fsp3) is 0.467. The molecule has 0 saturated carbocycles. The van der Waals surface area contributed by atoms with Gasteiger partial charge in [-0.05, 0) is 49.1 Å². The summed E-state index contributed by atoms with van der Waals surface area (Å²) < 4.78 is 0. The lowest BCUT2D eigenvalue weighted by Gasteiger charge is -2.35. The molecule has 1 unspecified atom stereocenters. The average molecular weight is 263 g/mol. The van der Waals surface area contributed by atoms with Crippen LogP contribution in [0.4, 0.5) is 0 Å². The maximum absolute atomic E-state index is 6.13. The van der Waals surface area contributed by atoms with E-state index < -0.39 is 0 Å². The second-order valence-corrected chi connectivity index (χ2v) is 6.53. The highest BCUT2D eigenvalue weighted by Gasteiger charge is 2.33. The van der Waals surface area contributed by atoms with Crippen LogP contribution in [0.2, 0.25) is 5.02 Å². The normalized spacial score (nSPS) is 22.1. The first kappa shape index (κ1) is 12.1. The number of hydrogen-bond acceptors (Lipinski definition) is 1. The Bertz CT molecular complexity index is 598. The van der Waals surface area contributed by atoms with Crippen LogP contribution in [-0.2, 0) is 6.42 Å². The predicted molar refractivity (Wildman–Crippen MR) is 77.2 cm³/mol. The third-order valence-electron chi connectivity index (χ3n) is 3.99. The Hall–Kier alpha value is -0.990. The molecule has 18 heavy (non-hydrogen) atoms. The summed E-state index contributed by atoms with van der Waals surface area (Å²) in [6, 6.07) is 6.52. The summed E-state index contributed by atoms with van der Waals surface area (Å²) in [7, 11) is 2.04. The molecular weight excluding hydrogens is 244 g/mol. The maximum Gasteiger partial charge on any atom is 0.0460 e. The summed E-state index contributed by atoms with van der Waals surface area (Å²) in [4.78, 5) is 3.56. The molecule has 2 aromatic rings. The third-order valence-corrected chi connectivity index (χ3v) is 4.23. The highest BCUT2D eigenvalue weighted by Crippen LogP contribution is 2.43. The first-order valence-electron chi connectivity index (χ1n) is 6.47. The van der Waals surface area contributed by atoms with Crippen LogP contribution >= 0.6 is 11.6 Å². The number of H-pyrrole nitrogens is 1. The van der Waals surface area contributed by atoms with Gasteiger partial charge in [0.25, 0.3) is 0 Å². The van der Waals surface area contributed by atoms with Crippen molar-refractivity contribution < 1.29 is 0 Å². The number of benzene rings is 1.